The molecule has 0 atom stereocenters. The van der Waals surface area contributed by atoms with Crippen molar-refractivity contribution in [3.63, 3.8) is 0 Å². The first-order valence-electron chi connectivity index (χ1n) is 4.29. The molecule has 0 fully saturated rings. The van der Waals surface area contributed by atoms with Crippen molar-refractivity contribution in [2.75, 3.05) is 7.11 Å². The predicted molar refractivity (Wildman–Crippen MR) is 62.1 cm³/mol. The second-order valence-corrected chi connectivity index (χ2v) is 3.85. The van der Waals surface area contributed by atoms with Crippen molar-refractivity contribution in [2.45, 2.75) is 6.92 Å². The molecule has 15 heavy (non-hydrogen) atoms. The number of allylic oxidation sites excluding steroid dienone is 1. The van der Waals surface area contributed by atoms with E-state index >= 15 is 0 Å². The van der Waals surface area contributed by atoms with Gasteiger partial charge in [0.05, 0.1) is 11.6 Å². The highest BCUT2D eigenvalue weighted by molar-refractivity contribution is 9.10. The topological polar surface area (TPSA) is 46.5 Å². The number of carbonyl (C=O) groups excluding carboxylic acids is 1. The summed E-state index contributed by atoms with van der Waals surface area (Å²) < 4.78 is 5.51. The maximum atomic E-state index is 10.7. The van der Waals surface area contributed by atoms with Gasteiger partial charge in [-0.3, -0.25) is 4.79 Å². The lowest BCUT2D eigenvalue weighted by atomic mass is 10.2. The zero-order valence-corrected chi connectivity index (χ0v) is 10.0. The molecule has 0 saturated heterocycles. The van der Waals surface area contributed by atoms with E-state index in [0.717, 1.165) is 5.56 Å². The summed E-state index contributed by atoms with van der Waals surface area (Å²) in [5.41, 5.74) is 0.784. The SMILES string of the molecule is COc1cc(/C=C/C(C)=O)cc(Br)c1O. The number of ether oxygens (including phenoxy) is 1. The maximum Gasteiger partial charge on any atom is 0.172 e. The first kappa shape index (κ1) is 11.8. The lowest BCUT2D eigenvalue weighted by molar-refractivity contribution is -0.112. The molecule has 80 valence electrons. The van der Waals surface area contributed by atoms with Crippen LogP contribution in [0.4, 0.5) is 0 Å². The Kier molecular flexibility index (Phi) is 3.91. The smallest absolute Gasteiger partial charge is 0.172 e. The third kappa shape index (κ3) is 3.09. The number of ketones is 1. The molecule has 0 radical (unpaired) electrons. The van der Waals surface area contributed by atoms with E-state index in [1.165, 1.54) is 20.1 Å². The Balaban J connectivity index is 3.11. The lowest BCUT2D eigenvalue weighted by Gasteiger charge is -2.06. The van der Waals surface area contributed by atoms with E-state index in [-0.39, 0.29) is 11.5 Å². The van der Waals surface area contributed by atoms with Crippen LogP contribution in [0.25, 0.3) is 6.08 Å². The molecule has 0 spiro atoms. The molecule has 1 rings (SSSR count). The summed E-state index contributed by atoms with van der Waals surface area (Å²) in [4.78, 5) is 10.7. The Labute approximate surface area is 96.5 Å². The average molecular weight is 271 g/mol. The Hall–Kier alpha value is -1.29. The molecule has 0 bridgehead atoms. The van der Waals surface area contributed by atoms with Crippen LogP contribution in [-0.4, -0.2) is 18.0 Å². The average Bonchev–Trinajstić information content (AvgIpc) is 2.19. The highest BCUT2D eigenvalue weighted by atomic mass is 79.9. The normalized spacial score (nSPS) is 10.6. The van der Waals surface area contributed by atoms with Gasteiger partial charge < -0.3 is 9.84 Å². The second kappa shape index (κ2) is 4.98. The number of aromatic hydroxyl groups is 1. The van der Waals surface area contributed by atoms with Crippen molar-refractivity contribution in [1.82, 2.24) is 0 Å². The quantitative estimate of drug-likeness (QED) is 0.860. The van der Waals surface area contributed by atoms with Crippen LogP contribution in [-0.2, 0) is 4.79 Å². The van der Waals surface area contributed by atoms with Gasteiger partial charge in [0, 0.05) is 0 Å². The zero-order chi connectivity index (χ0) is 11.4. The Morgan fingerprint density at radius 2 is 2.20 bits per heavy atom. The first-order valence-corrected chi connectivity index (χ1v) is 5.09. The van der Waals surface area contributed by atoms with Crippen LogP contribution < -0.4 is 4.74 Å². The number of hydrogen-bond acceptors (Lipinski definition) is 3. The van der Waals surface area contributed by atoms with Gasteiger partial charge in [0.1, 0.15) is 0 Å². The molecule has 0 unspecified atom stereocenters. The van der Waals surface area contributed by atoms with Crippen LogP contribution in [0.2, 0.25) is 0 Å². The molecule has 1 aromatic rings. The van der Waals surface area contributed by atoms with E-state index in [0.29, 0.717) is 10.2 Å². The largest absolute Gasteiger partial charge is 0.503 e. The molecule has 0 heterocycles. The summed E-state index contributed by atoms with van der Waals surface area (Å²) in [6, 6.07) is 3.36. The second-order valence-electron chi connectivity index (χ2n) is 3.00. The van der Waals surface area contributed by atoms with Crippen LogP contribution in [0.1, 0.15) is 12.5 Å². The number of phenols is 1. The van der Waals surface area contributed by atoms with Crippen molar-refractivity contribution in [3.05, 3.63) is 28.2 Å². The number of phenolic OH excluding ortho intramolecular Hbond substituents is 1. The van der Waals surface area contributed by atoms with Crippen molar-refractivity contribution in [3.8, 4) is 11.5 Å². The molecule has 0 amide bonds. The van der Waals surface area contributed by atoms with Gasteiger partial charge >= 0.3 is 0 Å². The molecule has 0 aliphatic rings. The summed E-state index contributed by atoms with van der Waals surface area (Å²) in [5.74, 6) is 0.392. The fourth-order valence-corrected chi connectivity index (χ4v) is 1.52. The van der Waals surface area contributed by atoms with E-state index in [1.54, 1.807) is 18.2 Å². The molecule has 4 heteroatoms. The molecule has 0 aliphatic heterocycles. The van der Waals surface area contributed by atoms with Crippen molar-refractivity contribution < 1.29 is 14.6 Å². The molecule has 0 aromatic heterocycles. The summed E-state index contributed by atoms with van der Waals surface area (Å²) in [6.45, 7) is 1.48. The summed E-state index contributed by atoms with van der Waals surface area (Å²) in [7, 11) is 1.47. The summed E-state index contributed by atoms with van der Waals surface area (Å²) in [5, 5.41) is 9.54. The lowest BCUT2D eigenvalue weighted by Crippen LogP contribution is -1.86. The van der Waals surface area contributed by atoms with Crippen LogP contribution in [0.15, 0.2) is 22.7 Å². The van der Waals surface area contributed by atoms with Gasteiger partial charge in [0.15, 0.2) is 17.3 Å². The number of benzene rings is 1. The molecule has 0 saturated carbocycles. The van der Waals surface area contributed by atoms with Crippen LogP contribution in [0, 0.1) is 0 Å². The van der Waals surface area contributed by atoms with Gasteiger partial charge in [-0.2, -0.15) is 0 Å². The Morgan fingerprint density at radius 3 is 2.73 bits per heavy atom. The van der Waals surface area contributed by atoms with Gasteiger partial charge in [-0.05, 0) is 46.6 Å². The standard InChI is InChI=1S/C11H11BrO3/c1-7(13)3-4-8-5-9(12)11(14)10(6-8)15-2/h3-6,14H,1-2H3/b4-3+. The molecule has 1 aromatic carbocycles. The Morgan fingerprint density at radius 1 is 1.53 bits per heavy atom. The van der Waals surface area contributed by atoms with Crippen LogP contribution in [0.5, 0.6) is 11.5 Å². The van der Waals surface area contributed by atoms with Gasteiger partial charge in [-0.1, -0.05) is 6.08 Å². The maximum absolute atomic E-state index is 10.7. The fourth-order valence-electron chi connectivity index (χ4n) is 1.06. The fraction of sp³-hybridized carbons (Fsp3) is 0.182. The number of hydrogen-bond donors (Lipinski definition) is 1. The van der Waals surface area contributed by atoms with Crippen molar-refractivity contribution in [1.29, 1.82) is 0 Å². The predicted octanol–water partition coefficient (Wildman–Crippen LogP) is 2.77. The minimum Gasteiger partial charge on any atom is -0.503 e. The highest BCUT2D eigenvalue weighted by Gasteiger charge is 2.06. The van der Waals surface area contributed by atoms with Crippen molar-refractivity contribution >= 4 is 27.8 Å². The third-order valence-corrected chi connectivity index (χ3v) is 2.39. The van der Waals surface area contributed by atoms with Gasteiger partial charge in [0.25, 0.3) is 0 Å². The van der Waals surface area contributed by atoms with Gasteiger partial charge in [0.2, 0.25) is 0 Å². The van der Waals surface area contributed by atoms with Gasteiger partial charge in [-0.15, -0.1) is 0 Å². The van der Waals surface area contributed by atoms with E-state index in [9.17, 15) is 9.90 Å². The van der Waals surface area contributed by atoms with E-state index in [2.05, 4.69) is 15.9 Å². The summed E-state index contributed by atoms with van der Waals surface area (Å²) >= 11 is 3.20. The highest BCUT2D eigenvalue weighted by Crippen LogP contribution is 2.35. The molecule has 0 aliphatic carbocycles. The number of rotatable bonds is 3. The first-order chi connectivity index (χ1) is 7.04. The van der Waals surface area contributed by atoms with Gasteiger partial charge in [-0.25, -0.2) is 0 Å². The monoisotopic (exact) mass is 270 g/mol. The van der Waals surface area contributed by atoms with Crippen molar-refractivity contribution in [2.24, 2.45) is 0 Å². The number of halogens is 1. The third-order valence-electron chi connectivity index (χ3n) is 1.78. The molecule has 3 nitrogen and oxygen atoms in total. The number of carbonyl (C=O) groups is 1. The van der Waals surface area contributed by atoms with E-state index in [4.69, 9.17) is 4.74 Å². The summed E-state index contributed by atoms with van der Waals surface area (Å²) in [6.07, 6.45) is 3.12. The molecular weight excluding hydrogens is 260 g/mol. The van der Waals surface area contributed by atoms with Crippen LogP contribution >= 0.6 is 15.9 Å². The molecular formula is C11H11BrO3. The number of methoxy groups -OCH3 is 1. The van der Waals surface area contributed by atoms with Crippen LogP contribution in [0.3, 0.4) is 0 Å². The van der Waals surface area contributed by atoms with E-state index in [1.807, 2.05) is 0 Å². The Bertz CT molecular complexity index is 411. The minimum atomic E-state index is -0.0295. The minimum absolute atomic E-state index is 0.0295. The molecule has 1 N–H and O–H groups in total. The van der Waals surface area contributed by atoms with E-state index < -0.39 is 0 Å². The zero-order valence-electron chi connectivity index (χ0n) is 8.45.